The number of alkyl halides is 2. The number of aliphatic hydroxyl groups is 1. The highest BCUT2D eigenvalue weighted by atomic mass is 19.3. The number of aliphatic hydroxyl groups excluding tert-OH is 1. The molecule has 0 bridgehead atoms. The van der Waals surface area contributed by atoms with Crippen molar-refractivity contribution in [2.45, 2.75) is 30.9 Å². The predicted molar refractivity (Wildman–Crippen MR) is 114 cm³/mol. The van der Waals surface area contributed by atoms with Gasteiger partial charge in [0.25, 0.3) is 6.43 Å². The Hall–Kier alpha value is -3.25. The number of amides is 1. The highest BCUT2D eigenvalue weighted by Crippen LogP contribution is 2.44. The Morgan fingerprint density at radius 3 is 2.03 bits per heavy atom. The predicted octanol–water partition coefficient (Wildman–Crippen LogP) is 4.76. The molecule has 0 radical (unpaired) electrons. The van der Waals surface area contributed by atoms with E-state index in [9.17, 15) is 18.7 Å². The molecule has 0 saturated heterocycles. The van der Waals surface area contributed by atoms with Gasteiger partial charge in [-0.2, -0.15) is 0 Å². The Balaban J connectivity index is 1.45. The third-order valence-electron chi connectivity index (χ3n) is 5.62. The van der Waals surface area contributed by atoms with Crippen molar-refractivity contribution in [1.82, 2.24) is 5.32 Å². The molecule has 1 amide bonds. The van der Waals surface area contributed by atoms with Crippen LogP contribution < -0.4 is 5.32 Å². The summed E-state index contributed by atoms with van der Waals surface area (Å²) in [4.78, 5) is 12.5. The Morgan fingerprint density at radius 1 is 0.903 bits per heavy atom. The second kappa shape index (κ2) is 9.27. The molecule has 1 aliphatic rings. The maximum Gasteiger partial charge on any atom is 0.407 e. The molecule has 4 nitrogen and oxygen atoms in total. The molecule has 0 saturated carbocycles. The first-order chi connectivity index (χ1) is 15.0. The number of fused-ring (bicyclic) bond motifs is 3. The van der Waals surface area contributed by atoms with Crippen molar-refractivity contribution in [1.29, 1.82) is 0 Å². The first-order valence-corrected chi connectivity index (χ1v) is 10.2. The number of nitrogens with one attached hydrogen (secondary N) is 1. The van der Waals surface area contributed by atoms with Crippen molar-refractivity contribution in [3.05, 3.63) is 95.6 Å². The summed E-state index contributed by atoms with van der Waals surface area (Å²) in [6, 6.07) is 23.6. The lowest BCUT2D eigenvalue weighted by Gasteiger charge is -2.24. The highest BCUT2D eigenvalue weighted by Gasteiger charge is 2.32. The van der Waals surface area contributed by atoms with Crippen molar-refractivity contribution in [3.8, 4) is 11.1 Å². The van der Waals surface area contributed by atoms with Crippen molar-refractivity contribution < 1.29 is 23.4 Å². The molecule has 6 heteroatoms. The number of halogens is 2. The van der Waals surface area contributed by atoms with Crippen molar-refractivity contribution >= 4 is 6.09 Å². The number of hydrogen-bond acceptors (Lipinski definition) is 3. The summed E-state index contributed by atoms with van der Waals surface area (Å²) in [5.41, 5.74) is 5.05. The molecule has 31 heavy (non-hydrogen) atoms. The third-order valence-corrected chi connectivity index (χ3v) is 5.62. The SMILES string of the molecule is O=C(NC(Cc1ccccc1)C(O)C(F)F)OCC1c2ccccc2-c2ccccc21. The minimum Gasteiger partial charge on any atom is -0.449 e. The quantitative estimate of drug-likeness (QED) is 0.576. The molecule has 160 valence electrons. The molecule has 4 rings (SSSR count). The molecule has 2 N–H and O–H groups in total. The van der Waals surface area contributed by atoms with Gasteiger partial charge in [0.2, 0.25) is 0 Å². The molecule has 2 unspecified atom stereocenters. The third kappa shape index (κ3) is 4.59. The number of hydrogen-bond donors (Lipinski definition) is 2. The molecule has 0 heterocycles. The number of ether oxygens (including phenoxy) is 1. The normalized spacial score (nSPS) is 14.6. The maximum absolute atomic E-state index is 13.2. The average Bonchev–Trinajstić information content (AvgIpc) is 3.11. The maximum atomic E-state index is 13.2. The van der Waals surface area contributed by atoms with E-state index in [1.165, 1.54) is 0 Å². The molecule has 3 aromatic rings. The second-order valence-electron chi connectivity index (χ2n) is 7.59. The minimum absolute atomic E-state index is 0.0660. The minimum atomic E-state index is -2.98. The molecule has 0 aliphatic heterocycles. The van der Waals surface area contributed by atoms with E-state index in [1.807, 2.05) is 48.5 Å². The summed E-state index contributed by atoms with van der Waals surface area (Å²) < 4.78 is 31.7. The smallest absolute Gasteiger partial charge is 0.407 e. The summed E-state index contributed by atoms with van der Waals surface area (Å²) in [7, 11) is 0. The van der Waals surface area contributed by atoms with Crippen LogP contribution in [-0.2, 0) is 11.2 Å². The summed E-state index contributed by atoms with van der Waals surface area (Å²) in [6.07, 6.45) is -5.75. The summed E-state index contributed by atoms with van der Waals surface area (Å²) in [6.45, 7) is 0.0721. The van der Waals surface area contributed by atoms with Gasteiger partial charge in [-0.15, -0.1) is 0 Å². The van der Waals surface area contributed by atoms with Crippen LogP contribution >= 0.6 is 0 Å². The number of benzene rings is 3. The number of carbonyl (C=O) groups excluding carboxylic acids is 1. The Morgan fingerprint density at radius 2 is 1.45 bits per heavy atom. The van der Waals surface area contributed by atoms with Crippen LogP contribution in [0.4, 0.5) is 13.6 Å². The van der Waals surface area contributed by atoms with Crippen molar-refractivity contribution in [2.24, 2.45) is 0 Å². The van der Waals surface area contributed by atoms with Crippen LogP contribution in [-0.4, -0.2) is 36.4 Å². The lowest BCUT2D eigenvalue weighted by atomic mass is 9.98. The fourth-order valence-corrected chi connectivity index (χ4v) is 4.09. The van der Waals surface area contributed by atoms with Gasteiger partial charge in [-0.05, 0) is 34.2 Å². The zero-order valence-corrected chi connectivity index (χ0v) is 16.7. The zero-order valence-electron chi connectivity index (χ0n) is 16.7. The Labute approximate surface area is 179 Å². The van der Waals surface area contributed by atoms with Gasteiger partial charge in [0.05, 0.1) is 6.04 Å². The van der Waals surface area contributed by atoms with Crippen LogP contribution in [0.25, 0.3) is 11.1 Å². The van der Waals surface area contributed by atoms with Crippen LogP contribution in [0, 0.1) is 0 Å². The summed E-state index contributed by atoms with van der Waals surface area (Å²) in [5, 5.41) is 12.3. The fourth-order valence-electron chi connectivity index (χ4n) is 4.09. The molecule has 3 aromatic carbocycles. The second-order valence-corrected chi connectivity index (χ2v) is 7.59. The Kier molecular flexibility index (Phi) is 6.28. The molecule has 0 aromatic heterocycles. The molecular formula is C25H23F2NO3. The summed E-state index contributed by atoms with van der Waals surface area (Å²) >= 11 is 0. The van der Waals surface area contributed by atoms with Gasteiger partial charge in [-0.3, -0.25) is 0 Å². The van der Waals surface area contributed by atoms with Gasteiger partial charge >= 0.3 is 6.09 Å². The van der Waals surface area contributed by atoms with Crippen LogP contribution in [0.15, 0.2) is 78.9 Å². The number of alkyl carbamates (subject to hydrolysis) is 1. The van der Waals surface area contributed by atoms with Gasteiger partial charge < -0.3 is 15.2 Å². The van der Waals surface area contributed by atoms with E-state index >= 15 is 0 Å². The van der Waals surface area contributed by atoms with Crippen LogP contribution in [0.3, 0.4) is 0 Å². The zero-order chi connectivity index (χ0) is 21.8. The molecule has 0 fully saturated rings. The monoisotopic (exact) mass is 423 g/mol. The molecular weight excluding hydrogens is 400 g/mol. The largest absolute Gasteiger partial charge is 0.449 e. The molecule has 1 aliphatic carbocycles. The van der Waals surface area contributed by atoms with Gasteiger partial charge in [0.1, 0.15) is 12.7 Å². The van der Waals surface area contributed by atoms with E-state index in [-0.39, 0.29) is 18.9 Å². The van der Waals surface area contributed by atoms with E-state index in [2.05, 4.69) is 5.32 Å². The van der Waals surface area contributed by atoms with E-state index < -0.39 is 24.7 Å². The standard InChI is InChI=1S/C25H23F2NO3/c26-24(27)23(29)22(14-16-8-2-1-3-9-16)28-25(30)31-15-21-19-12-6-4-10-17(19)18-11-5-7-13-20(18)21/h1-13,21-24,29H,14-15H2,(H,28,30). The van der Waals surface area contributed by atoms with Crippen molar-refractivity contribution in [2.75, 3.05) is 6.61 Å². The molecule has 2 atom stereocenters. The lowest BCUT2D eigenvalue weighted by molar-refractivity contribution is -0.0255. The van der Waals surface area contributed by atoms with Gasteiger partial charge in [-0.25, -0.2) is 13.6 Å². The summed E-state index contributed by atoms with van der Waals surface area (Å²) in [5.74, 6) is -0.134. The first kappa shape index (κ1) is 21.0. The topological polar surface area (TPSA) is 58.6 Å². The molecule has 0 spiro atoms. The van der Waals surface area contributed by atoms with Gasteiger partial charge in [-0.1, -0.05) is 78.9 Å². The number of rotatable bonds is 7. The van der Waals surface area contributed by atoms with E-state index in [0.717, 1.165) is 27.8 Å². The lowest BCUT2D eigenvalue weighted by Crippen LogP contribution is -2.48. The van der Waals surface area contributed by atoms with Gasteiger partial charge in [0.15, 0.2) is 0 Å². The Bertz CT molecular complexity index is 996. The van der Waals surface area contributed by atoms with Crippen LogP contribution in [0.2, 0.25) is 0 Å². The van der Waals surface area contributed by atoms with Crippen LogP contribution in [0.1, 0.15) is 22.6 Å². The fraction of sp³-hybridized carbons (Fsp3) is 0.240. The van der Waals surface area contributed by atoms with E-state index in [1.54, 1.807) is 30.3 Å². The van der Waals surface area contributed by atoms with E-state index in [4.69, 9.17) is 4.74 Å². The number of carbonyl (C=O) groups is 1. The van der Waals surface area contributed by atoms with Crippen LogP contribution in [0.5, 0.6) is 0 Å². The average molecular weight is 423 g/mol. The van der Waals surface area contributed by atoms with Crippen molar-refractivity contribution in [3.63, 3.8) is 0 Å². The first-order valence-electron chi connectivity index (χ1n) is 10.2. The van der Waals surface area contributed by atoms with E-state index in [0.29, 0.717) is 0 Å². The highest BCUT2D eigenvalue weighted by molar-refractivity contribution is 5.79. The van der Waals surface area contributed by atoms with Gasteiger partial charge in [0, 0.05) is 5.92 Å².